The number of nitrogens with zero attached hydrogens (tertiary/aromatic N) is 9. The topological polar surface area (TPSA) is 242 Å². The maximum atomic E-state index is 12.4. The number of hydroxylamine groups is 1. The Morgan fingerprint density at radius 2 is 1.61 bits per heavy atom. The zero-order valence-corrected chi connectivity index (χ0v) is 14.3. The maximum Gasteiger partial charge on any atom is 0.484 e. The van der Waals surface area contributed by atoms with Gasteiger partial charge in [0.2, 0.25) is 5.82 Å². The van der Waals surface area contributed by atoms with Crippen molar-refractivity contribution >= 4 is 23.3 Å². The molecule has 2 aromatic heterocycles. The summed E-state index contributed by atoms with van der Waals surface area (Å²) in [5.41, 5.74) is 2.94. The molecule has 0 saturated carbocycles. The molecule has 0 atom stereocenters. The molecule has 0 aromatic carbocycles. The fraction of sp³-hybridized carbons (Fsp3) is 0.600. The highest BCUT2D eigenvalue weighted by atomic mass is 16.7. The van der Waals surface area contributed by atoms with Gasteiger partial charge in [-0.25, -0.2) is 4.63 Å². The second-order valence-electron chi connectivity index (χ2n) is 5.85. The molecule has 0 bridgehead atoms. The van der Waals surface area contributed by atoms with Gasteiger partial charge in [-0.15, -0.1) is 9.49 Å². The smallest absolute Gasteiger partial charge is 0.484 e. The monoisotopic (exact) mass is 400 g/mol. The van der Waals surface area contributed by atoms with Gasteiger partial charge in [0.05, 0.1) is 0 Å². The van der Waals surface area contributed by atoms with Crippen LogP contribution < -0.4 is 5.73 Å². The lowest BCUT2D eigenvalue weighted by molar-refractivity contribution is -0.825. The highest BCUT2D eigenvalue weighted by molar-refractivity contribution is 5.48. The van der Waals surface area contributed by atoms with Gasteiger partial charge in [0.1, 0.15) is 4.92 Å². The Morgan fingerprint density at radius 1 is 1.00 bits per heavy atom. The predicted molar refractivity (Wildman–Crippen MR) is 79.8 cm³/mol. The Kier molecular flexibility index (Phi) is 4.56. The van der Waals surface area contributed by atoms with Crippen molar-refractivity contribution in [3.8, 4) is 0 Å². The molecule has 150 valence electrons. The predicted octanol–water partition coefficient (Wildman–Crippen LogP) is 0.310. The lowest BCUT2D eigenvalue weighted by Gasteiger charge is -2.34. The Labute approximate surface area is 153 Å². The van der Waals surface area contributed by atoms with E-state index in [0.29, 0.717) is 0 Å². The third-order valence-corrected chi connectivity index (χ3v) is 3.50. The molecule has 1 aliphatic heterocycles. The van der Waals surface area contributed by atoms with E-state index in [0.717, 1.165) is 0 Å². The number of azo groups is 2. The average molecular weight is 400 g/mol. The standard InChI is InChI=1S/C10H12N10O8/c1-9(2)25-3-10(4-26-9,20(23)24)19(22)13-7-8(17-28-16-7)18(21)12-6-5(11)14-27-15-6/h3-4H2,1-2H3,(H2,11,14). The van der Waals surface area contributed by atoms with Crippen LogP contribution in [-0.2, 0) is 9.47 Å². The van der Waals surface area contributed by atoms with E-state index < -0.39 is 41.2 Å². The molecule has 1 saturated heterocycles. The lowest BCUT2D eigenvalue weighted by Crippen LogP contribution is -2.60. The van der Waals surface area contributed by atoms with Crippen LogP contribution >= 0.6 is 0 Å². The summed E-state index contributed by atoms with van der Waals surface area (Å²) in [7, 11) is 0. The highest BCUT2D eigenvalue weighted by Crippen LogP contribution is 2.30. The van der Waals surface area contributed by atoms with Gasteiger partial charge in [-0.3, -0.25) is 10.1 Å². The van der Waals surface area contributed by atoms with Crippen LogP contribution in [0.5, 0.6) is 0 Å². The SMILES string of the molecule is CC1(C)OCC([N+](=O)[O-])([N+]([O-])=Nc2nonc2[N+]([O-])=Nc2nonc2N)CO1. The van der Waals surface area contributed by atoms with Gasteiger partial charge < -0.3 is 25.6 Å². The molecule has 0 amide bonds. The Hall–Kier alpha value is -3.80. The van der Waals surface area contributed by atoms with Crippen molar-refractivity contribution in [1.82, 2.24) is 20.6 Å². The third-order valence-electron chi connectivity index (χ3n) is 3.50. The summed E-state index contributed by atoms with van der Waals surface area (Å²) in [6.45, 7) is 1.74. The molecule has 0 spiro atoms. The summed E-state index contributed by atoms with van der Waals surface area (Å²) >= 11 is 0. The van der Waals surface area contributed by atoms with Crippen molar-refractivity contribution in [1.29, 1.82) is 0 Å². The number of nitro groups is 1. The summed E-state index contributed by atoms with van der Waals surface area (Å²) < 4.78 is 19.0. The van der Waals surface area contributed by atoms with Gasteiger partial charge in [0, 0.05) is 10.3 Å². The van der Waals surface area contributed by atoms with Gasteiger partial charge in [-0.2, -0.15) is 0 Å². The highest BCUT2D eigenvalue weighted by Gasteiger charge is 2.60. The molecule has 3 rings (SSSR count). The van der Waals surface area contributed by atoms with Gasteiger partial charge in [0.15, 0.2) is 24.2 Å². The normalized spacial score (nSPS) is 19.5. The molecule has 18 nitrogen and oxygen atoms in total. The van der Waals surface area contributed by atoms with E-state index in [4.69, 9.17) is 15.2 Å². The van der Waals surface area contributed by atoms with Gasteiger partial charge in [-0.1, -0.05) is 5.11 Å². The zero-order valence-electron chi connectivity index (χ0n) is 14.3. The minimum Gasteiger partial charge on any atom is -0.690 e. The number of anilines is 1. The summed E-state index contributed by atoms with van der Waals surface area (Å²) in [5.74, 6) is -3.22. The summed E-state index contributed by atoms with van der Waals surface area (Å²) in [6, 6.07) is 0. The fourth-order valence-electron chi connectivity index (χ4n) is 1.88. The molecule has 2 aromatic rings. The van der Waals surface area contributed by atoms with Crippen molar-refractivity contribution in [2.24, 2.45) is 10.2 Å². The van der Waals surface area contributed by atoms with Crippen molar-refractivity contribution in [2.45, 2.75) is 25.3 Å². The van der Waals surface area contributed by atoms with Gasteiger partial charge >= 0.3 is 17.3 Å². The van der Waals surface area contributed by atoms with E-state index in [1.54, 1.807) is 0 Å². The minimum atomic E-state index is -2.42. The molecule has 0 unspecified atom stereocenters. The number of hydrogen-bond donors (Lipinski definition) is 1. The second kappa shape index (κ2) is 6.74. The van der Waals surface area contributed by atoms with Crippen molar-refractivity contribution in [3.63, 3.8) is 0 Å². The molecule has 28 heavy (non-hydrogen) atoms. The van der Waals surface area contributed by atoms with Crippen LogP contribution in [-0.4, -0.2) is 59.9 Å². The first-order chi connectivity index (χ1) is 13.1. The number of rotatable bonds is 5. The maximum absolute atomic E-state index is 12.4. The number of nitrogens with two attached hydrogens (primary N) is 1. The van der Waals surface area contributed by atoms with Crippen molar-refractivity contribution in [3.05, 3.63) is 20.5 Å². The quantitative estimate of drug-likeness (QED) is 0.234. The molecule has 0 radical (unpaired) electrons. The molecule has 1 fully saturated rings. The first kappa shape index (κ1) is 19.0. The van der Waals surface area contributed by atoms with Gasteiger partial charge in [0.25, 0.3) is 5.82 Å². The zero-order chi connectivity index (χ0) is 20.5. The van der Waals surface area contributed by atoms with E-state index in [1.807, 2.05) is 0 Å². The van der Waals surface area contributed by atoms with Crippen LogP contribution in [0.25, 0.3) is 0 Å². The van der Waals surface area contributed by atoms with Gasteiger partial charge in [-0.05, 0) is 29.0 Å². The summed E-state index contributed by atoms with van der Waals surface area (Å²) in [6.07, 6.45) is 0. The average Bonchev–Trinajstić information content (AvgIpc) is 3.24. The number of ether oxygens (including phenoxy) is 2. The number of aromatic nitrogens is 4. The molecule has 18 heteroatoms. The summed E-state index contributed by atoms with van der Waals surface area (Å²) in [5, 5.41) is 55.7. The van der Waals surface area contributed by atoms with Crippen LogP contribution in [0.2, 0.25) is 0 Å². The molecule has 0 aliphatic carbocycles. The van der Waals surface area contributed by atoms with Crippen molar-refractivity contribution < 1.29 is 33.4 Å². The lowest BCUT2D eigenvalue weighted by atomic mass is 10.2. The Morgan fingerprint density at radius 3 is 2.18 bits per heavy atom. The van der Waals surface area contributed by atoms with Crippen LogP contribution in [0, 0.1) is 20.5 Å². The van der Waals surface area contributed by atoms with E-state index in [1.165, 1.54) is 13.8 Å². The van der Waals surface area contributed by atoms with E-state index in [9.17, 15) is 20.5 Å². The minimum absolute atomic E-state index is 0.186. The first-order valence-electron chi connectivity index (χ1n) is 7.35. The van der Waals surface area contributed by atoms with Crippen molar-refractivity contribution in [2.75, 3.05) is 18.9 Å². The molecular weight excluding hydrogens is 388 g/mol. The number of nitrogen functional groups attached to an aromatic ring is 1. The molecule has 3 heterocycles. The third kappa shape index (κ3) is 3.40. The molecular formula is C10H12N10O8. The molecule has 2 N–H and O–H groups in total. The second-order valence-corrected chi connectivity index (χ2v) is 5.85. The Bertz CT molecular complexity index is 938. The largest absolute Gasteiger partial charge is 0.690 e. The van der Waals surface area contributed by atoms with E-state index >= 15 is 0 Å². The van der Waals surface area contributed by atoms with Crippen LogP contribution in [0.1, 0.15) is 13.8 Å². The van der Waals surface area contributed by atoms with E-state index in [-0.39, 0.29) is 21.4 Å². The Balaban J connectivity index is 1.94. The molecule has 1 aliphatic rings. The summed E-state index contributed by atoms with van der Waals surface area (Å²) in [4.78, 5) is 10.1. The van der Waals surface area contributed by atoms with Crippen LogP contribution in [0.15, 0.2) is 19.5 Å². The fourth-order valence-corrected chi connectivity index (χ4v) is 1.88. The van der Waals surface area contributed by atoms with E-state index in [2.05, 4.69) is 40.1 Å². The van der Waals surface area contributed by atoms with Crippen LogP contribution in [0.3, 0.4) is 0 Å². The van der Waals surface area contributed by atoms with Crippen LogP contribution in [0.4, 0.5) is 23.3 Å². The first-order valence-corrected chi connectivity index (χ1v) is 7.35. The number of hydrogen-bond acceptors (Lipinski definition) is 15.